The number of hydrogen-bond donors (Lipinski definition) is 1. The van der Waals surface area contributed by atoms with E-state index >= 15 is 0 Å². The summed E-state index contributed by atoms with van der Waals surface area (Å²) in [5, 5.41) is 3.30. The van der Waals surface area contributed by atoms with Gasteiger partial charge in [0, 0.05) is 45.5 Å². The molecule has 0 radical (unpaired) electrons. The molecule has 0 aromatic heterocycles. The van der Waals surface area contributed by atoms with Crippen molar-refractivity contribution in [1.82, 2.24) is 14.7 Å². The number of carbonyl (C=O) groups is 2. The van der Waals surface area contributed by atoms with Crippen molar-refractivity contribution < 1.29 is 9.59 Å². The van der Waals surface area contributed by atoms with Crippen molar-refractivity contribution in [2.45, 2.75) is 25.3 Å². The maximum Gasteiger partial charge on any atom is 0.321 e. The van der Waals surface area contributed by atoms with Gasteiger partial charge in [0.05, 0.1) is 10.6 Å². The van der Waals surface area contributed by atoms with Crippen LogP contribution in [0.5, 0.6) is 0 Å². The molecule has 7 heteroatoms. The van der Waals surface area contributed by atoms with E-state index in [1.807, 2.05) is 4.90 Å². The smallest absolute Gasteiger partial charge is 0.321 e. The molecule has 2 heterocycles. The Morgan fingerprint density at radius 2 is 1.96 bits per heavy atom. The van der Waals surface area contributed by atoms with Crippen molar-refractivity contribution in [3.05, 3.63) is 28.8 Å². The monoisotopic (exact) mass is 364 g/mol. The van der Waals surface area contributed by atoms with Gasteiger partial charge < -0.3 is 15.1 Å². The maximum absolute atomic E-state index is 12.7. The Morgan fingerprint density at radius 3 is 2.72 bits per heavy atom. The largest absolute Gasteiger partial charge is 0.345 e. The number of carbonyl (C=O) groups excluding carboxylic acids is 2. The summed E-state index contributed by atoms with van der Waals surface area (Å²) in [4.78, 5) is 30.7. The van der Waals surface area contributed by atoms with E-state index in [1.54, 1.807) is 32.3 Å². The number of fused-ring (bicyclic) bond motifs is 1. The van der Waals surface area contributed by atoms with Crippen LogP contribution in [0.15, 0.2) is 18.2 Å². The first-order valence-electron chi connectivity index (χ1n) is 8.77. The van der Waals surface area contributed by atoms with Crippen molar-refractivity contribution in [3.63, 3.8) is 0 Å². The second kappa shape index (κ2) is 7.62. The first-order chi connectivity index (χ1) is 12.0. The molecule has 0 unspecified atom stereocenters. The van der Waals surface area contributed by atoms with Crippen LogP contribution in [0, 0.1) is 0 Å². The summed E-state index contributed by atoms with van der Waals surface area (Å²) in [5.41, 5.74) is 0.981. The van der Waals surface area contributed by atoms with Gasteiger partial charge in [-0.25, -0.2) is 4.79 Å². The van der Waals surface area contributed by atoms with Gasteiger partial charge in [-0.2, -0.15) is 0 Å². The normalized spacial score (nSPS) is 20.8. The summed E-state index contributed by atoms with van der Waals surface area (Å²) in [5.74, 6) is -0.183. The minimum Gasteiger partial charge on any atom is -0.345 e. The van der Waals surface area contributed by atoms with E-state index in [2.05, 4.69) is 10.2 Å². The lowest BCUT2D eigenvalue weighted by molar-refractivity contribution is 0.0828. The van der Waals surface area contributed by atoms with Crippen LogP contribution >= 0.6 is 11.6 Å². The molecule has 2 fully saturated rings. The molecule has 25 heavy (non-hydrogen) atoms. The molecule has 1 aromatic carbocycles. The van der Waals surface area contributed by atoms with E-state index in [9.17, 15) is 9.59 Å². The van der Waals surface area contributed by atoms with Gasteiger partial charge in [0.15, 0.2) is 0 Å². The van der Waals surface area contributed by atoms with Gasteiger partial charge in [-0.3, -0.25) is 9.69 Å². The highest BCUT2D eigenvalue weighted by Gasteiger charge is 2.30. The average molecular weight is 365 g/mol. The van der Waals surface area contributed by atoms with Gasteiger partial charge >= 0.3 is 6.03 Å². The fourth-order valence-electron chi connectivity index (χ4n) is 3.60. The van der Waals surface area contributed by atoms with Crippen LogP contribution in [-0.2, 0) is 0 Å². The molecule has 6 nitrogen and oxygen atoms in total. The molecule has 0 aliphatic carbocycles. The Labute approximate surface area is 153 Å². The number of hydrogen-bond acceptors (Lipinski definition) is 3. The molecule has 2 aliphatic heterocycles. The standard InChI is InChI=1S/C18H25ClN4O2/c1-21(2)17(24)15-11-13(6-7-16(15)19)20-18(25)23-10-4-9-22-8-3-5-14(22)12-23/h6-7,11,14H,3-5,8-10,12H2,1-2H3,(H,20,25)/t14-/m0/s1. The summed E-state index contributed by atoms with van der Waals surface area (Å²) in [7, 11) is 3.35. The third kappa shape index (κ3) is 4.07. The van der Waals surface area contributed by atoms with Crippen molar-refractivity contribution in [1.29, 1.82) is 0 Å². The van der Waals surface area contributed by atoms with Crippen LogP contribution < -0.4 is 5.32 Å². The summed E-state index contributed by atoms with van der Waals surface area (Å²) in [6.07, 6.45) is 3.37. The van der Waals surface area contributed by atoms with E-state index in [4.69, 9.17) is 11.6 Å². The van der Waals surface area contributed by atoms with Crippen LogP contribution in [0.4, 0.5) is 10.5 Å². The van der Waals surface area contributed by atoms with E-state index in [1.165, 1.54) is 11.3 Å². The van der Waals surface area contributed by atoms with Crippen LogP contribution in [0.25, 0.3) is 0 Å². The molecule has 0 bridgehead atoms. The predicted octanol–water partition coefficient (Wildman–Crippen LogP) is 2.74. The summed E-state index contributed by atoms with van der Waals surface area (Å²) < 4.78 is 0. The topological polar surface area (TPSA) is 55.9 Å². The lowest BCUT2D eigenvalue weighted by Crippen LogP contribution is -2.41. The quantitative estimate of drug-likeness (QED) is 0.877. The maximum atomic E-state index is 12.7. The Hall–Kier alpha value is -1.79. The Balaban J connectivity index is 1.70. The molecule has 3 amide bonds. The highest BCUT2D eigenvalue weighted by molar-refractivity contribution is 6.34. The average Bonchev–Trinajstić information content (AvgIpc) is 2.92. The molecule has 1 N–H and O–H groups in total. The second-order valence-corrected chi connectivity index (χ2v) is 7.36. The molecule has 2 aliphatic rings. The molecule has 1 atom stereocenters. The second-order valence-electron chi connectivity index (χ2n) is 6.96. The number of rotatable bonds is 2. The molecule has 2 saturated heterocycles. The van der Waals surface area contributed by atoms with Crippen LogP contribution in [0.2, 0.25) is 5.02 Å². The van der Waals surface area contributed by atoms with Crippen LogP contribution in [0.1, 0.15) is 29.6 Å². The van der Waals surface area contributed by atoms with Crippen molar-refractivity contribution in [2.24, 2.45) is 0 Å². The number of benzene rings is 1. The number of anilines is 1. The number of amides is 3. The van der Waals surface area contributed by atoms with E-state index in [-0.39, 0.29) is 11.9 Å². The summed E-state index contributed by atoms with van der Waals surface area (Å²) in [6, 6.07) is 5.38. The van der Waals surface area contributed by atoms with Gasteiger partial charge in [-0.15, -0.1) is 0 Å². The molecular weight excluding hydrogens is 340 g/mol. The number of nitrogens with one attached hydrogen (secondary N) is 1. The number of nitrogens with zero attached hydrogens (tertiary/aromatic N) is 3. The van der Waals surface area contributed by atoms with Gasteiger partial charge in [-0.05, 0) is 44.0 Å². The minimum absolute atomic E-state index is 0.112. The molecule has 0 saturated carbocycles. The number of urea groups is 1. The highest BCUT2D eigenvalue weighted by atomic mass is 35.5. The minimum atomic E-state index is -0.183. The summed E-state index contributed by atoms with van der Waals surface area (Å²) >= 11 is 6.13. The zero-order chi connectivity index (χ0) is 18.0. The molecule has 0 spiro atoms. The predicted molar refractivity (Wildman–Crippen MR) is 99.3 cm³/mol. The third-order valence-electron chi connectivity index (χ3n) is 4.95. The van der Waals surface area contributed by atoms with Gasteiger partial charge in [0.25, 0.3) is 5.91 Å². The Bertz CT molecular complexity index is 664. The van der Waals surface area contributed by atoms with Gasteiger partial charge in [0.1, 0.15) is 0 Å². The fraction of sp³-hybridized carbons (Fsp3) is 0.556. The Morgan fingerprint density at radius 1 is 1.20 bits per heavy atom. The lowest BCUT2D eigenvalue weighted by Gasteiger charge is -2.26. The zero-order valence-electron chi connectivity index (χ0n) is 14.8. The van der Waals surface area contributed by atoms with E-state index in [0.717, 1.165) is 39.0 Å². The highest BCUT2D eigenvalue weighted by Crippen LogP contribution is 2.24. The molecule has 136 valence electrons. The lowest BCUT2D eigenvalue weighted by atomic mass is 10.1. The summed E-state index contributed by atoms with van der Waals surface area (Å²) in [6.45, 7) is 3.74. The molecule has 1 aromatic rings. The van der Waals surface area contributed by atoms with E-state index in [0.29, 0.717) is 22.3 Å². The van der Waals surface area contributed by atoms with Crippen molar-refractivity contribution in [3.8, 4) is 0 Å². The van der Waals surface area contributed by atoms with Crippen LogP contribution in [-0.4, -0.2) is 73.0 Å². The number of halogens is 1. The van der Waals surface area contributed by atoms with Crippen molar-refractivity contribution in [2.75, 3.05) is 45.6 Å². The van der Waals surface area contributed by atoms with E-state index < -0.39 is 0 Å². The first-order valence-corrected chi connectivity index (χ1v) is 9.14. The van der Waals surface area contributed by atoms with Gasteiger partial charge in [0.2, 0.25) is 0 Å². The zero-order valence-corrected chi connectivity index (χ0v) is 15.6. The first kappa shape index (κ1) is 18.0. The SMILES string of the molecule is CN(C)C(=O)c1cc(NC(=O)N2CCCN3CCC[C@H]3C2)ccc1Cl. The van der Waals surface area contributed by atoms with Crippen LogP contribution in [0.3, 0.4) is 0 Å². The third-order valence-corrected chi connectivity index (χ3v) is 5.27. The Kier molecular flexibility index (Phi) is 5.49. The van der Waals surface area contributed by atoms with Gasteiger partial charge in [-0.1, -0.05) is 11.6 Å². The fourth-order valence-corrected chi connectivity index (χ4v) is 3.80. The molecule has 3 rings (SSSR count). The van der Waals surface area contributed by atoms with Crippen molar-refractivity contribution >= 4 is 29.2 Å². The molecular formula is C18H25ClN4O2.